The summed E-state index contributed by atoms with van der Waals surface area (Å²) in [5.41, 5.74) is 0. The fraction of sp³-hybridized carbons (Fsp3) is 0.778. The molecule has 0 saturated heterocycles. The Bertz CT molecular complexity index is 185. The Kier molecular flexibility index (Phi) is 2.49. The Balaban J connectivity index is 2.71. The van der Waals surface area contributed by atoms with Crippen LogP contribution in [0.1, 0.15) is 32.6 Å². The lowest BCUT2D eigenvalue weighted by Crippen LogP contribution is -2.24. The fourth-order valence-electron chi connectivity index (χ4n) is 1.15. The van der Waals surface area contributed by atoms with E-state index in [4.69, 9.17) is 0 Å². The average molecular weight is 158 g/mol. The largest absolute Gasteiger partial charge is 0.310 e. The standard InChI is InChI=1S/C9H12F2/c1-8-6-4-2-3-5-7-9(8,10)11/h8H,2-4,6H2,1H3. The van der Waals surface area contributed by atoms with E-state index < -0.39 is 11.8 Å². The molecule has 0 fully saturated rings. The molecule has 1 aliphatic rings. The molecule has 0 nitrogen and oxygen atoms in total. The quantitative estimate of drug-likeness (QED) is 0.475. The molecule has 1 rings (SSSR count). The van der Waals surface area contributed by atoms with Crippen LogP contribution in [-0.2, 0) is 0 Å². The van der Waals surface area contributed by atoms with Gasteiger partial charge in [-0.25, -0.2) is 0 Å². The molecule has 1 unspecified atom stereocenters. The lowest BCUT2D eigenvalue weighted by Gasteiger charge is -2.19. The summed E-state index contributed by atoms with van der Waals surface area (Å²) in [6.07, 6.45) is 3.07. The van der Waals surface area contributed by atoms with E-state index in [9.17, 15) is 8.78 Å². The third-order valence-corrected chi connectivity index (χ3v) is 2.06. The molecule has 0 amide bonds. The highest BCUT2D eigenvalue weighted by Gasteiger charge is 2.33. The van der Waals surface area contributed by atoms with Crippen LogP contribution in [0, 0.1) is 17.8 Å². The minimum atomic E-state index is -2.75. The number of alkyl halides is 2. The van der Waals surface area contributed by atoms with E-state index in [-0.39, 0.29) is 0 Å². The molecular formula is C9H12F2. The van der Waals surface area contributed by atoms with Gasteiger partial charge in [0.2, 0.25) is 0 Å². The third kappa shape index (κ3) is 2.18. The van der Waals surface area contributed by atoms with Gasteiger partial charge in [-0.05, 0) is 18.8 Å². The molecule has 0 saturated carbocycles. The Labute approximate surface area is 66.0 Å². The van der Waals surface area contributed by atoms with Gasteiger partial charge in [0.15, 0.2) is 0 Å². The van der Waals surface area contributed by atoms with Crippen molar-refractivity contribution in [2.45, 2.75) is 38.5 Å². The first-order valence-corrected chi connectivity index (χ1v) is 4.01. The predicted molar refractivity (Wildman–Crippen MR) is 40.4 cm³/mol. The van der Waals surface area contributed by atoms with Crippen molar-refractivity contribution in [3.63, 3.8) is 0 Å². The molecule has 0 aliphatic heterocycles. The molecule has 0 bridgehead atoms. The van der Waals surface area contributed by atoms with Crippen molar-refractivity contribution in [2.24, 2.45) is 5.92 Å². The maximum Gasteiger partial charge on any atom is 0.310 e. The van der Waals surface area contributed by atoms with Crippen LogP contribution in [-0.4, -0.2) is 5.92 Å². The molecule has 1 aliphatic carbocycles. The highest BCUT2D eigenvalue weighted by Crippen LogP contribution is 2.29. The highest BCUT2D eigenvalue weighted by molar-refractivity contribution is 5.11. The number of halogens is 2. The second-order valence-corrected chi connectivity index (χ2v) is 3.07. The molecule has 0 heterocycles. The number of hydrogen-bond donors (Lipinski definition) is 0. The van der Waals surface area contributed by atoms with Crippen LogP contribution in [0.4, 0.5) is 8.78 Å². The molecule has 0 spiro atoms. The first-order chi connectivity index (χ1) is 5.13. The summed E-state index contributed by atoms with van der Waals surface area (Å²) in [7, 11) is 0. The maximum atomic E-state index is 12.9. The van der Waals surface area contributed by atoms with Gasteiger partial charge in [0, 0.05) is 12.3 Å². The summed E-state index contributed by atoms with van der Waals surface area (Å²) >= 11 is 0. The highest BCUT2D eigenvalue weighted by atomic mass is 19.3. The van der Waals surface area contributed by atoms with Gasteiger partial charge < -0.3 is 0 Å². The first kappa shape index (κ1) is 8.52. The Morgan fingerprint density at radius 2 is 2.09 bits per heavy atom. The second kappa shape index (κ2) is 3.21. The van der Waals surface area contributed by atoms with Crippen LogP contribution < -0.4 is 0 Å². The van der Waals surface area contributed by atoms with Gasteiger partial charge in [-0.1, -0.05) is 19.3 Å². The number of hydrogen-bond acceptors (Lipinski definition) is 0. The molecule has 0 radical (unpaired) electrons. The second-order valence-electron chi connectivity index (χ2n) is 3.07. The van der Waals surface area contributed by atoms with E-state index in [2.05, 4.69) is 5.92 Å². The maximum absolute atomic E-state index is 12.9. The van der Waals surface area contributed by atoms with Crippen LogP contribution in [0.3, 0.4) is 0 Å². The fourth-order valence-corrected chi connectivity index (χ4v) is 1.15. The summed E-state index contributed by atoms with van der Waals surface area (Å²) in [5.74, 6) is 1.21. The van der Waals surface area contributed by atoms with Gasteiger partial charge in [-0.3, -0.25) is 0 Å². The molecule has 1 atom stereocenters. The summed E-state index contributed by atoms with van der Waals surface area (Å²) in [6, 6.07) is 0. The van der Waals surface area contributed by atoms with Crippen molar-refractivity contribution in [1.29, 1.82) is 0 Å². The van der Waals surface area contributed by atoms with Crippen LogP contribution >= 0.6 is 0 Å². The van der Waals surface area contributed by atoms with E-state index in [1.807, 2.05) is 5.92 Å². The van der Waals surface area contributed by atoms with Gasteiger partial charge in [0.25, 0.3) is 0 Å². The average Bonchev–Trinajstić information content (AvgIpc) is 1.93. The molecule has 11 heavy (non-hydrogen) atoms. The van der Waals surface area contributed by atoms with Gasteiger partial charge in [0.05, 0.1) is 0 Å². The van der Waals surface area contributed by atoms with Crippen molar-refractivity contribution >= 4 is 0 Å². The minimum absolute atomic E-state index is 0.574. The zero-order chi connectivity index (χ0) is 8.32. The topological polar surface area (TPSA) is 0 Å². The van der Waals surface area contributed by atoms with Crippen molar-refractivity contribution in [3.05, 3.63) is 0 Å². The molecule has 0 aromatic carbocycles. The van der Waals surface area contributed by atoms with Crippen molar-refractivity contribution in [2.75, 3.05) is 0 Å². The van der Waals surface area contributed by atoms with E-state index >= 15 is 0 Å². The van der Waals surface area contributed by atoms with Crippen LogP contribution in [0.15, 0.2) is 0 Å². The summed E-state index contributed by atoms with van der Waals surface area (Å²) < 4.78 is 25.7. The van der Waals surface area contributed by atoms with Gasteiger partial charge in [0.1, 0.15) is 0 Å². The summed E-state index contributed by atoms with van der Waals surface area (Å²) in [4.78, 5) is 0. The Hall–Kier alpha value is -0.580. The molecule has 2 heteroatoms. The van der Waals surface area contributed by atoms with Crippen molar-refractivity contribution in [3.8, 4) is 11.8 Å². The molecule has 0 aromatic heterocycles. The molecule has 0 aromatic rings. The van der Waals surface area contributed by atoms with Gasteiger partial charge in [-0.2, -0.15) is 8.78 Å². The first-order valence-electron chi connectivity index (χ1n) is 4.01. The van der Waals surface area contributed by atoms with E-state index in [1.54, 1.807) is 6.92 Å². The number of rotatable bonds is 0. The predicted octanol–water partition coefficient (Wildman–Crippen LogP) is 2.84. The smallest absolute Gasteiger partial charge is 0.192 e. The molecule has 62 valence electrons. The lowest BCUT2D eigenvalue weighted by atomic mass is 9.95. The summed E-state index contributed by atoms with van der Waals surface area (Å²) in [5, 5.41) is 0. The third-order valence-electron chi connectivity index (χ3n) is 2.06. The molecular weight excluding hydrogens is 146 g/mol. The van der Waals surface area contributed by atoms with Gasteiger partial charge in [-0.15, -0.1) is 0 Å². The van der Waals surface area contributed by atoms with E-state index in [0.717, 1.165) is 12.8 Å². The van der Waals surface area contributed by atoms with E-state index in [1.165, 1.54) is 0 Å². The Morgan fingerprint density at radius 3 is 2.82 bits per heavy atom. The van der Waals surface area contributed by atoms with Crippen molar-refractivity contribution in [1.82, 2.24) is 0 Å². The van der Waals surface area contributed by atoms with Crippen LogP contribution in [0.5, 0.6) is 0 Å². The Morgan fingerprint density at radius 1 is 1.36 bits per heavy atom. The van der Waals surface area contributed by atoms with Crippen LogP contribution in [0.25, 0.3) is 0 Å². The van der Waals surface area contributed by atoms with E-state index in [0.29, 0.717) is 12.8 Å². The minimum Gasteiger partial charge on any atom is -0.192 e. The lowest BCUT2D eigenvalue weighted by molar-refractivity contribution is 0.00374. The monoisotopic (exact) mass is 158 g/mol. The zero-order valence-electron chi connectivity index (χ0n) is 6.66. The SMILES string of the molecule is CC1CCCCC#CC1(F)F. The molecule has 0 N–H and O–H groups in total. The zero-order valence-corrected chi connectivity index (χ0v) is 6.66. The van der Waals surface area contributed by atoms with Gasteiger partial charge >= 0.3 is 5.92 Å². The van der Waals surface area contributed by atoms with Crippen LogP contribution in [0.2, 0.25) is 0 Å². The van der Waals surface area contributed by atoms with Crippen molar-refractivity contribution < 1.29 is 8.78 Å². The normalized spacial score (nSPS) is 29.5. The summed E-state index contributed by atoms with van der Waals surface area (Å²) in [6.45, 7) is 1.57.